The summed E-state index contributed by atoms with van der Waals surface area (Å²) in [6.07, 6.45) is 0. The minimum atomic E-state index is -0.900. The fourth-order valence-corrected chi connectivity index (χ4v) is 13.7. The summed E-state index contributed by atoms with van der Waals surface area (Å²) in [5.74, 6) is -0.792. The second-order valence-electron chi connectivity index (χ2n) is 3.10. The van der Waals surface area contributed by atoms with Crippen molar-refractivity contribution in [3.05, 3.63) is 0 Å². The van der Waals surface area contributed by atoms with Gasteiger partial charge in [0, 0.05) is 0 Å². The number of hydrogen-bond acceptors (Lipinski definition) is 1. The zero-order valence-corrected chi connectivity index (χ0v) is 31.7. The van der Waals surface area contributed by atoms with Gasteiger partial charge in [-0.1, -0.05) is 248 Å². The van der Waals surface area contributed by atoms with Gasteiger partial charge in [0.25, 0.3) is 0 Å². The maximum absolute atomic E-state index is 11.6. The molecule has 13 heteroatoms. The van der Waals surface area contributed by atoms with Gasteiger partial charge in [-0.05, 0) is 0 Å². The summed E-state index contributed by atoms with van der Waals surface area (Å²) in [4.78, 5) is 11.6. The Labute approximate surface area is 261 Å². The Morgan fingerprint density at radius 3 is 1.16 bits per heavy atom. The van der Waals surface area contributed by atoms with Crippen LogP contribution < -0.4 is 0 Å². The van der Waals surface area contributed by atoms with Gasteiger partial charge in [0.1, 0.15) is 3.72 Å². The molecule has 0 aromatic heterocycles. The molecule has 0 heterocycles. The summed E-state index contributed by atoms with van der Waals surface area (Å²) in [7, 11) is 0. The number of aliphatic carboxylic acids is 1. The highest BCUT2D eigenvalue weighted by atomic mass is 127. The molecule has 0 saturated heterocycles. The molecular weight excluding hydrogens is 1500 g/mol. The molecular formula is C6HI11O2. The SMILES string of the molecule is O=C(O)C(I)(I)C(I)(I)C(I)(I)C(I)(I)C(I)(I)I. The second kappa shape index (κ2) is 9.33. The van der Waals surface area contributed by atoms with Gasteiger partial charge >= 0.3 is 5.97 Å². The first-order valence-electron chi connectivity index (χ1n) is 3.76. The van der Waals surface area contributed by atoms with Crippen molar-refractivity contribution in [3.63, 3.8) is 0 Å². The van der Waals surface area contributed by atoms with Gasteiger partial charge in [-0.15, -0.1) is 0 Å². The first-order chi connectivity index (χ1) is 7.94. The zero-order chi connectivity index (χ0) is 16.1. The van der Waals surface area contributed by atoms with E-state index in [0.29, 0.717) is 0 Å². The molecule has 0 aromatic carbocycles. The number of rotatable bonds is 5. The van der Waals surface area contributed by atoms with Crippen molar-refractivity contribution in [1.29, 1.82) is 0 Å². The third-order valence-electron chi connectivity index (χ3n) is 1.81. The van der Waals surface area contributed by atoms with Gasteiger partial charge in [0.2, 0.25) is 0 Å². The number of alkyl halides is 11. The molecule has 19 heavy (non-hydrogen) atoms. The number of carboxylic acids is 1. The van der Waals surface area contributed by atoms with Gasteiger partial charge in [-0.3, -0.25) is 0 Å². The monoisotopic (exact) mass is 1500 g/mol. The van der Waals surface area contributed by atoms with Crippen molar-refractivity contribution < 1.29 is 9.90 Å². The highest BCUT2D eigenvalue weighted by molar-refractivity contribution is 14.3. The van der Waals surface area contributed by atoms with E-state index in [1.165, 1.54) is 0 Å². The van der Waals surface area contributed by atoms with Crippen LogP contribution in [0, 0.1) is 0 Å². The summed E-state index contributed by atoms with van der Waals surface area (Å²) in [5.41, 5.74) is 0. The first kappa shape index (κ1) is 26.5. The summed E-state index contributed by atoms with van der Waals surface area (Å²) < 4.78 is -1.88. The van der Waals surface area contributed by atoms with E-state index in [-0.39, 0.29) is 2.29 Å². The van der Waals surface area contributed by atoms with Crippen LogP contribution >= 0.6 is 248 Å². The van der Waals surface area contributed by atoms with Crippen molar-refractivity contribution in [2.45, 2.75) is 5.15 Å². The standard InChI is InChI=1S/C6HI11O2/c7-2(8,1(18)19)3(9,10)4(11,12)5(13,14)6(15,16)17/h(H,18,19). The molecule has 0 rings (SSSR count). The van der Waals surface area contributed by atoms with E-state index < -0.39 is 8.83 Å². The van der Waals surface area contributed by atoms with Gasteiger partial charge < -0.3 is 5.11 Å². The average Bonchev–Trinajstić information content (AvgIpc) is 2.14. The van der Waals surface area contributed by atoms with Crippen molar-refractivity contribution in [1.82, 2.24) is 0 Å². The van der Waals surface area contributed by atoms with Gasteiger partial charge in [0.05, 0.1) is 0 Å². The van der Waals surface area contributed by atoms with E-state index in [9.17, 15) is 9.90 Å². The van der Waals surface area contributed by atoms with Crippen LogP contribution in [0.25, 0.3) is 0 Å². The topological polar surface area (TPSA) is 37.3 Å². The molecule has 0 spiro atoms. The van der Waals surface area contributed by atoms with Crippen LogP contribution in [0.2, 0.25) is 0 Å². The minimum absolute atomic E-state index is 0.0484. The maximum Gasteiger partial charge on any atom is 0.332 e. The Balaban J connectivity index is 5.99. The molecule has 0 aliphatic carbocycles. The van der Waals surface area contributed by atoms with E-state index in [1.54, 1.807) is 0 Å². The van der Waals surface area contributed by atoms with Crippen LogP contribution in [0.15, 0.2) is 0 Å². The highest BCUT2D eigenvalue weighted by Crippen LogP contribution is 2.73. The van der Waals surface area contributed by atoms with E-state index >= 15 is 0 Å². The molecule has 0 bridgehead atoms. The quantitative estimate of drug-likeness (QED) is 0.223. The fraction of sp³-hybridized carbons (Fsp3) is 0.833. The number of carbonyl (C=O) groups is 1. The van der Waals surface area contributed by atoms with Crippen LogP contribution in [0.3, 0.4) is 0 Å². The molecule has 1 N–H and O–H groups in total. The van der Waals surface area contributed by atoms with Crippen LogP contribution in [-0.2, 0) is 4.79 Å². The predicted molar refractivity (Wildman–Crippen MR) is 176 cm³/mol. The zero-order valence-electron chi connectivity index (χ0n) is 8.01. The molecule has 0 aromatic rings. The molecule has 0 saturated carbocycles. The van der Waals surface area contributed by atoms with Crippen molar-refractivity contribution in [2.75, 3.05) is 0 Å². The minimum Gasteiger partial charge on any atom is -0.480 e. The molecule has 0 aliphatic rings. The maximum atomic E-state index is 11.6. The number of hydrogen-bond donors (Lipinski definition) is 1. The Hall–Kier alpha value is 7.50. The fourth-order valence-electron chi connectivity index (χ4n) is 0.707. The van der Waals surface area contributed by atoms with E-state index in [4.69, 9.17) is 0 Å². The Kier molecular flexibility index (Phi) is 13.0. The Bertz CT molecular complexity index is 368. The Morgan fingerprint density at radius 2 is 0.947 bits per heavy atom. The predicted octanol–water partition coefficient (Wildman–Crippen LogP) is 8.29. The smallest absolute Gasteiger partial charge is 0.332 e. The number of halogens is 11. The lowest BCUT2D eigenvalue weighted by molar-refractivity contribution is -0.136. The molecule has 0 unspecified atom stereocenters. The largest absolute Gasteiger partial charge is 0.480 e. The summed E-state index contributed by atoms with van der Waals surface area (Å²) >= 11 is 25.7. The van der Waals surface area contributed by atoms with Crippen LogP contribution in [0.4, 0.5) is 0 Å². The van der Waals surface area contributed by atoms with E-state index in [1.807, 2.05) is 0 Å². The normalized spacial score (nSPS) is 15.5. The van der Waals surface area contributed by atoms with Gasteiger partial charge in [0.15, 0.2) is 1.43 Å². The second-order valence-corrected chi connectivity index (χ2v) is 35.3. The van der Waals surface area contributed by atoms with E-state index in [0.717, 1.165) is 0 Å². The van der Waals surface area contributed by atoms with Gasteiger partial charge in [-0.25, -0.2) is 4.79 Å². The third-order valence-corrected chi connectivity index (χ3v) is 35.1. The number of carboxylic acid groups (broad SMARTS) is 1. The highest BCUT2D eigenvalue weighted by Gasteiger charge is 2.70. The van der Waals surface area contributed by atoms with Gasteiger partial charge in [-0.2, -0.15) is 0 Å². The van der Waals surface area contributed by atoms with E-state index in [2.05, 4.69) is 248 Å². The molecule has 0 fully saturated rings. The lowest BCUT2D eigenvalue weighted by Crippen LogP contribution is -2.60. The molecule has 114 valence electrons. The summed E-state index contributed by atoms with van der Waals surface area (Å²) in [6.45, 7) is 0. The molecule has 0 atom stereocenters. The molecule has 0 radical (unpaired) electrons. The lowest BCUT2D eigenvalue weighted by atomic mass is 10.2. The first-order valence-corrected chi connectivity index (χ1v) is 15.6. The van der Waals surface area contributed by atoms with Crippen LogP contribution in [0.5, 0.6) is 0 Å². The molecule has 2 nitrogen and oxygen atoms in total. The van der Waals surface area contributed by atoms with Crippen LogP contribution in [0.1, 0.15) is 0 Å². The molecule has 0 amide bonds. The lowest BCUT2D eigenvalue weighted by Gasteiger charge is -2.50. The summed E-state index contributed by atoms with van der Waals surface area (Å²) in [6, 6.07) is 0. The van der Waals surface area contributed by atoms with Crippen molar-refractivity contribution in [2.24, 2.45) is 0 Å². The third kappa shape index (κ3) is 5.75. The Morgan fingerprint density at radius 1 is 0.632 bits per heavy atom. The van der Waals surface area contributed by atoms with Crippen molar-refractivity contribution >= 4 is 254 Å². The average molecular weight is 1500 g/mol. The van der Waals surface area contributed by atoms with Crippen molar-refractivity contribution in [3.8, 4) is 0 Å². The van der Waals surface area contributed by atoms with Crippen LogP contribution in [-0.4, -0.2) is 16.2 Å². The summed E-state index contributed by atoms with van der Waals surface area (Å²) in [5, 5.41) is 9.57. The molecule has 0 aliphatic heterocycles.